The number of aromatic amines is 1. The van der Waals surface area contributed by atoms with Gasteiger partial charge in [-0.25, -0.2) is 9.97 Å². The molecule has 2 aliphatic heterocycles. The Labute approximate surface area is 243 Å². The monoisotopic (exact) mass is 561 g/mol. The summed E-state index contributed by atoms with van der Waals surface area (Å²) in [5.41, 5.74) is 1.54. The number of anilines is 1. The van der Waals surface area contributed by atoms with Gasteiger partial charge in [0.25, 0.3) is 5.91 Å². The van der Waals surface area contributed by atoms with Crippen LogP contribution in [-0.4, -0.2) is 68.7 Å². The van der Waals surface area contributed by atoms with Crippen LogP contribution in [0.15, 0.2) is 91.3 Å². The molecule has 3 N–H and O–H groups in total. The summed E-state index contributed by atoms with van der Waals surface area (Å²) in [6.45, 7) is 3.80. The topological polar surface area (TPSA) is 123 Å². The Balaban J connectivity index is 1.30. The van der Waals surface area contributed by atoms with Gasteiger partial charge in [0.05, 0.1) is 5.39 Å². The van der Waals surface area contributed by atoms with Crippen LogP contribution in [0.3, 0.4) is 0 Å². The van der Waals surface area contributed by atoms with Gasteiger partial charge in [-0.2, -0.15) is 0 Å². The number of likely N-dealkylation sites (tertiary alicyclic amines) is 1. The number of carbonyl (C=O) groups is 3. The van der Waals surface area contributed by atoms with E-state index in [0.29, 0.717) is 41.5 Å². The summed E-state index contributed by atoms with van der Waals surface area (Å²) in [5.74, 6) is 0.635. The maximum atomic E-state index is 13.7. The van der Waals surface area contributed by atoms with Crippen LogP contribution in [-0.2, 0) is 15.0 Å². The lowest BCUT2D eigenvalue weighted by molar-refractivity contribution is -0.137. The number of fused-ring (bicyclic) bond motifs is 1. The second-order valence-corrected chi connectivity index (χ2v) is 10.3. The molecule has 0 spiro atoms. The molecule has 2 aromatic carbocycles. The summed E-state index contributed by atoms with van der Waals surface area (Å²) in [7, 11) is 0. The van der Waals surface area contributed by atoms with E-state index < -0.39 is 5.41 Å². The van der Waals surface area contributed by atoms with E-state index in [0.717, 1.165) is 30.6 Å². The van der Waals surface area contributed by atoms with Crippen LogP contribution in [0.2, 0.25) is 0 Å². The molecule has 4 heterocycles. The summed E-state index contributed by atoms with van der Waals surface area (Å²) in [6, 6.07) is 20.9. The third-order valence-electron chi connectivity index (χ3n) is 7.52. The number of aromatic nitrogens is 3. The van der Waals surface area contributed by atoms with Crippen LogP contribution in [0, 0.1) is 0 Å². The molecule has 0 unspecified atom stereocenters. The minimum atomic E-state index is -0.972. The minimum absolute atomic E-state index is 0.00357. The van der Waals surface area contributed by atoms with Gasteiger partial charge >= 0.3 is 0 Å². The zero-order valence-corrected chi connectivity index (χ0v) is 23.2. The van der Waals surface area contributed by atoms with E-state index in [1.807, 2.05) is 65.6 Å². The Kier molecular flexibility index (Phi) is 7.26. The number of amides is 3. The highest BCUT2D eigenvalue weighted by Gasteiger charge is 2.42. The molecule has 0 radical (unpaired) electrons. The molecule has 0 aliphatic carbocycles. The Morgan fingerprint density at radius 2 is 1.62 bits per heavy atom. The van der Waals surface area contributed by atoms with Gasteiger partial charge in [-0.05, 0) is 30.2 Å². The van der Waals surface area contributed by atoms with Crippen LogP contribution in [0.25, 0.3) is 22.4 Å². The zero-order chi connectivity index (χ0) is 29.1. The fraction of sp³-hybridized carbons (Fsp3) is 0.219. The van der Waals surface area contributed by atoms with Crippen molar-refractivity contribution < 1.29 is 14.4 Å². The van der Waals surface area contributed by atoms with Crippen molar-refractivity contribution in [2.45, 2.75) is 18.8 Å². The molecule has 212 valence electrons. The third kappa shape index (κ3) is 5.14. The molecule has 1 saturated heterocycles. The van der Waals surface area contributed by atoms with Gasteiger partial charge in [0, 0.05) is 51.1 Å². The molecule has 42 heavy (non-hydrogen) atoms. The normalized spacial score (nSPS) is 15.4. The number of nitrogens with zero attached hydrogens (tertiary/aromatic N) is 4. The number of hydrogen-bond acceptors (Lipinski definition) is 6. The van der Waals surface area contributed by atoms with Crippen LogP contribution in [0.4, 0.5) is 5.82 Å². The molecule has 6 rings (SSSR count). The maximum absolute atomic E-state index is 13.7. The molecule has 4 aromatic rings. The van der Waals surface area contributed by atoms with Crippen molar-refractivity contribution in [2.75, 3.05) is 31.5 Å². The van der Waals surface area contributed by atoms with E-state index in [4.69, 9.17) is 9.97 Å². The quantitative estimate of drug-likeness (QED) is 0.281. The first kappa shape index (κ1) is 26.9. The van der Waals surface area contributed by atoms with Gasteiger partial charge in [0.2, 0.25) is 11.8 Å². The van der Waals surface area contributed by atoms with E-state index in [1.54, 1.807) is 30.6 Å². The number of hydrogen-bond donors (Lipinski definition) is 3. The van der Waals surface area contributed by atoms with Crippen LogP contribution < -0.4 is 10.6 Å². The summed E-state index contributed by atoms with van der Waals surface area (Å²) in [4.78, 5) is 54.4. The molecule has 2 aromatic heterocycles. The van der Waals surface area contributed by atoms with Gasteiger partial charge in [0.15, 0.2) is 5.82 Å². The van der Waals surface area contributed by atoms with E-state index >= 15 is 0 Å². The smallest absolute Gasteiger partial charge is 0.278 e. The Bertz CT molecular complexity index is 1680. The molecule has 0 atom stereocenters. The van der Waals surface area contributed by atoms with Crippen molar-refractivity contribution in [3.05, 3.63) is 103 Å². The first-order valence-electron chi connectivity index (χ1n) is 14.0. The summed E-state index contributed by atoms with van der Waals surface area (Å²) in [5, 5.41) is 6.68. The standard InChI is InChI=1S/C32H31N7O3/c1-22(40)33-15-16-34-28-25-21-26(35-29(25)37-27(36-28)23-9-4-2-5-10-23)30(41)38-19-13-32(14-20-38,24-11-6-3-7-12-24)31(42)39-17-8-18-39/h2-7,9-14,19-21H,8,15-18H2,1H3,(H,33,40)(H2,34,35,36,37). The molecule has 0 bridgehead atoms. The Morgan fingerprint density at radius 3 is 2.26 bits per heavy atom. The van der Waals surface area contributed by atoms with Crippen molar-refractivity contribution in [3.63, 3.8) is 0 Å². The Morgan fingerprint density at radius 1 is 0.929 bits per heavy atom. The zero-order valence-electron chi connectivity index (χ0n) is 23.2. The molecule has 2 aliphatic rings. The van der Waals surface area contributed by atoms with Crippen molar-refractivity contribution in [1.82, 2.24) is 30.1 Å². The number of carbonyl (C=O) groups excluding carboxylic acids is 3. The van der Waals surface area contributed by atoms with Crippen molar-refractivity contribution in [1.29, 1.82) is 0 Å². The molecular formula is C32H31N7O3. The van der Waals surface area contributed by atoms with Crippen molar-refractivity contribution in [2.24, 2.45) is 0 Å². The first-order chi connectivity index (χ1) is 20.4. The average molecular weight is 562 g/mol. The second kappa shape index (κ2) is 11.3. The molecule has 0 saturated carbocycles. The predicted molar refractivity (Wildman–Crippen MR) is 160 cm³/mol. The number of nitrogens with one attached hydrogen (secondary N) is 3. The summed E-state index contributed by atoms with van der Waals surface area (Å²) < 4.78 is 0. The van der Waals surface area contributed by atoms with Gasteiger partial charge in [-0.15, -0.1) is 0 Å². The van der Waals surface area contributed by atoms with Crippen LogP contribution in [0.1, 0.15) is 29.4 Å². The lowest BCUT2D eigenvalue weighted by Crippen LogP contribution is -2.51. The van der Waals surface area contributed by atoms with E-state index in [9.17, 15) is 14.4 Å². The summed E-state index contributed by atoms with van der Waals surface area (Å²) in [6.07, 6.45) is 7.91. The second-order valence-electron chi connectivity index (χ2n) is 10.3. The van der Waals surface area contributed by atoms with Gasteiger partial charge in [0.1, 0.15) is 22.6 Å². The number of benzene rings is 2. The summed E-state index contributed by atoms with van der Waals surface area (Å²) >= 11 is 0. The average Bonchev–Trinajstić information content (AvgIpc) is 3.43. The molecule has 3 amide bonds. The lowest BCUT2D eigenvalue weighted by Gasteiger charge is -2.40. The molecule has 10 nitrogen and oxygen atoms in total. The van der Waals surface area contributed by atoms with Crippen molar-refractivity contribution in [3.8, 4) is 11.4 Å². The van der Waals surface area contributed by atoms with Gasteiger partial charge in [-0.3, -0.25) is 19.3 Å². The predicted octanol–water partition coefficient (Wildman–Crippen LogP) is 3.83. The third-order valence-corrected chi connectivity index (χ3v) is 7.52. The molecule has 10 heteroatoms. The van der Waals surface area contributed by atoms with Crippen molar-refractivity contribution >= 4 is 34.6 Å². The molecule has 1 fully saturated rings. The first-order valence-corrected chi connectivity index (χ1v) is 14.0. The fourth-order valence-corrected chi connectivity index (χ4v) is 5.12. The van der Waals surface area contributed by atoms with E-state index in [2.05, 4.69) is 15.6 Å². The van der Waals surface area contributed by atoms with Gasteiger partial charge in [-0.1, -0.05) is 60.7 Å². The number of H-pyrrole nitrogens is 1. The highest BCUT2D eigenvalue weighted by molar-refractivity contribution is 6.02. The SMILES string of the molecule is CC(=O)NCCNc1nc(-c2ccccc2)nc2[nH]c(C(=O)N3C=CC(C(=O)N4CCC4)(c4ccccc4)C=C3)cc12. The maximum Gasteiger partial charge on any atom is 0.278 e. The van der Waals surface area contributed by atoms with Gasteiger partial charge < -0.3 is 20.5 Å². The lowest BCUT2D eigenvalue weighted by atomic mass is 9.77. The molecular weight excluding hydrogens is 530 g/mol. The largest absolute Gasteiger partial charge is 0.368 e. The van der Waals surface area contributed by atoms with E-state index in [-0.39, 0.29) is 17.7 Å². The van der Waals surface area contributed by atoms with Crippen LogP contribution >= 0.6 is 0 Å². The van der Waals surface area contributed by atoms with E-state index in [1.165, 1.54) is 11.8 Å². The minimum Gasteiger partial charge on any atom is -0.368 e. The highest BCUT2D eigenvalue weighted by Crippen LogP contribution is 2.35. The highest BCUT2D eigenvalue weighted by atomic mass is 16.2. The Hall–Kier alpha value is -5.25. The fourth-order valence-electron chi connectivity index (χ4n) is 5.12. The number of rotatable bonds is 8. The van der Waals surface area contributed by atoms with Crippen LogP contribution in [0.5, 0.6) is 0 Å².